The number of hydrogen-bond acceptors (Lipinski definition) is 4. The first kappa shape index (κ1) is 14.4. The normalized spacial score (nSPS) is 21.3. The van der Waals surface area contributed by atoms with E-state index in [0.717, 1.165) is 45.6 Å². The molecule has 2 heterocycles. The summed E-state index contributed by atoms with van der Waals surface area (Å²) in [5.41, 5.74) is 0.612. The zero-order valence-electron chi connectivity index (χ0n) is 12.5. The van der Waals surface area contributed by atoms with E-state index in [1.807, 2.05) is 24.3 Å². The van der Waals surface area contributed by atoms with E-state index in [1.165, 1.54) is 0 Å². The summed E-state index contributed by atoms with van der Waals surface area (Å²) in [5, 5.41) is 6.84. The first-order valence-electron chi connectivity index (χ1n) is 7.63. The summed E-state index contributed by atoms with van der Waals surface area (Å²) in [6, 6.07) is 7.50. The average molecular weight is 289 g/mol. The van der Waals surface area contributed by atoms with Crippen LogP contribution in [-0.2, 0) is 0 Å². The number of ether oxygens (including phenoxy) is 1. The van der Waals surface area contributed by atoms with Crippen molar-refractivity contribution in [1.29, 1.82) is 0 Å². The van der Waals surface area contributed by atoms with Gasteiger partial charge in [-0.2, -0.15) is 0 Å². The standard InChI is InChI=1S/C16H23N3O2/c1-21-14-5-3-2-4-13(14)15(20)19-11-10-18-12-16(19)6-8-17-9-7-16/h2-5,17-18H,6-12H2,1H3. The Morgan fingerprint density at radius 1 is 1.19 bits per heavy atom. The lowest BCUT2D eigenvalue weighted by molar-refractivity contribution is 0.0249. The lowest BCUT2D eigenvalue weighted by Crippen LogP contribution is -2.66. The molecule has 1 aromatic rings. The summed E-state index contributed by atoms with van der Waals surface area (Å²) in [5.74, 6) is 0.751. The molecule has 0 radical (unpaired) electrons. The molecular weight excluding hydrogens is 266 g/mol. The van der Waals surface area contributed by atoms with Crippen molar-refractivity contribution in [1.82, 2.24) is 15.5 Å². The molecule has 0 aliphatic carbocycles. The fourth-order valence-electron chi connectivity index (χ4n) is 3.47. The highest BCUT2D eigenvalue weighted by Gasteiger charge is 2.42. The van der Waals surface area contributed by atoms with Crippen LogP contribution in [0.15, 0.2) is 24.3 Å². The highest BCUT2D eigenvalue weighted by atomic mass is 16.5. The minimum atomic E-state index is -0.0541. The van der Waals surface area contributed by atoms with Crippen LogP contribution in [0.4, 0.5) is 0 Å². The summed E-state index contributed by atoms with van der Waals surface area (Å²) in [7, 11) is 1.62. The van der Waals surface area contributed by atoms with Crippen molar-refractivity contribution >= 4 is 5.91 Å². The first-order chi connectivity index (χ1) is 10.3. The Hall–Kier alpha value is -1.59. The topological polar surface area (TPSA) is 53.6 Å². The van der Waals surface area contributed by atoms with Crippen molar-refractivity contribution in [2.75, 3.05) is 39.8 Å². The Kier molecular flexibility index (Phi) is 4.12. The smallest absolute Gasteiger partial charge is 0.258 e. The molecule has 2 N–H and O–H groups in total. The number of nitrogens with zero attached hydrogens (tertiary/aromatic N) is 1. The van der Waals surface area contributed by atoms with E-state index in [0.29, 0.717) is 11.3 Å². The Morgan fingerprint density at radius 2 is 1.95 bits per heavy atom. The van der Waals surface area contributed by atoms with Gasteiger partial charge in [0.2, 0.25) is 0 Å². The summed E-state index contributed by atoms with van der Waals surface area (Å²) < 4.78 is 5.36. The van der Waals surface area contributed by atoms with E-state index in [2.05, 4.69) is 15.5 Å². The molecule has 0 atom stereocenters. The van der Waals surface area contributed by atoms with Gasteiger partial charge in [0.15, 0.2) is 0 Å². The van der Waals surface area contributed by atoms with Gasteiger partial charge in [-0.1, -0.05) is 12.1 Å². The van der Waals surface area contributed by atoms with Crippen LogP contribution in [0.5, 0.6) is 5.75 Å². The summed E-state index contributed by atoms with van der Waals surface area (Å²) in [6.07, 6.45) is 2.00. The van der Waals surface area contributed by atoms with Crippen molar-refractivity contribution in [2.24, 2.45) is 0 Å². The molecule has 114 valence electrons. The number of piperazine rings is 1. The van der Waals surface area contributed by atoms with E-state index in [9.17, 15) is 4.79 Å². The predicted molar refractivity (Wildman–Crippen MR) is 81.7 cm³/mol. The number of piperidine rings is 1. The largest absolute Gasteiger partial charge is 0.496 e. The maximum Gasteiger partial charge on any atom is 0.258 e. The van der Waals surface area contributed by atoms with Gasteiger partial charge in [-0.05, 0) is 38.1 Å². The third kappa shape index (κ3) is 2.63. The average Bonchev–Trinajstić information content (AvgIpc) is 2.55. The van der Waals surface area contributed by atoms with Gasteiger partial charge >= 0.3 is 0 Å². The van der Waals surface area contributed by atoms with E-state index >= 15 is 0 Å². The monoisotopic (exact) mass is 289 g/mol. The third-order valence-corrected chi connectivity index (χ3v) is 4.66. The molecule has 0 saturated carbocycles. The van der Waals surface area contributed by atoms with E-state index in [4.69, 9.17) is 4.74 Å². The van der Waals surface area contributed by atoms with Crippen LogP contribution in [-0.4, -0.2) is 56.2 Å². The second kappa shape index (κ2) is 6.03. The van der Waals surface area contributed by atoms with Gasteiger partial charge in [-0.15, -0.1) is 0 Å². The molecule has 21 heavy (non-hydrogen) atoms. The number of para-hydroxylation sites is 1. The molecule has 0 aromatic heterocycles. The molecule has 2 fully saturated rings. The highest BCUT2D eigenvalue weighted by Crippen LogP contribution is 2.31. The van der Waals surface area contributed by atoms with Crippen LogP contribution in [0.2, 0.25) is 0 Å². The SMILES string of the molecule is COc1ccccc1C(=O)N1CCNCC12CCNCC2. The Labute approximate surface area is 125 Å². The van der Waals surface area contributed by atoms with Crippen LogP contribution >= 0.6 is 0 Å². The molecule has 1 amide bonds. The van der Waals surface area contributed by atoms with E-state index in [-0.39, 0.29) is 11.4 Å². The number of methoxy groups -OCH3 is 1. The van der Waals surface area contributed by atoms with Crippen molar-refractivity contribution < 1.29 is 9.53 Å². The molecule has 1 aromatic carbocycles. The zero-order chi connectivity index (χ0) is 14.7. The Bertz CT molecular complexity index is 504. The number of rotatable bonds is 2. The van der Waals surface area contributed by atoms with E-state index < -0.39 is 0 Å². The minimum Gasteiger partial charge on any atom is -0.496 e. The van der Waals surface area contributed by atoms with Gasteiger partial charge < -0.3 is 20.3 Å². The van der Waals surface area contributed by atoms with Crippen molar-refractivity contribution in [2.45, 2.75) is 18.4 Å². The van der Waals surface area contributed by atoms with Gasteiger partial charge in [-0.25, -0.2) is 0 Å². The quantitative estimate of drug-likeness (QED) is 0.848. The molecule has 2 aliphatic rings. The molecule has 5 nitrogen and oxygen atoms in total. The molecule has 5 heteroatoms. The second-order valence-corrected chi connectivity index (χ2v) is 5.81. The van der Waals surface area contributed by atoms with Gasteiger partial charge in [0.1, 0.15) is 5.75 Å². The minimum absolute atomic E-state index is 0.0541. The van der Waals surface area contributed by atoms with Gasteiger partial charge in [0, 0.05) is 19.6 Å². The maximum absolute atomic E-state index is 13.1. The Morgan fingerprint density at radius 3 is 2.71 bits per heavy atom. The number of hydrogen-bond donors (Lipinski definition) is 2. The number of amides is 1. The fourth-order valence-corrected chi connectivity index (χ4v) is 3.47. The summed E-state index contributed by atoms with van der Waals surface area (Å²) in [6.45, 7) is 4.44. The fraction of sp³-hybridized carbons (Fsp3) is 0.562. The Balaban J connectivity index is 1.91. The lowest BCUT2D eigenvalue weighted by atomic mass is 9.84. The van der Waals surface area contributed by atoms with Crippen LogP contribution < -0.4 is 15.4 Å². The predicted octanol–water partition coefficient (Wildman–Crippen LogP) is 0.863. The molecule has 2 aliphatic heterocycles. The maximum atomic E-state index is 13.1. The molecule has 2 saturated heterocycles. The third-order valence-electron chi connectivity index (χ3n) is 4.66. The second-order valence-electron chi connectivity index (χ2n) is 5.81. The lowest BCUT2D eigenvalue weighted by Gasteiger charge is -2.50. The van der Waals surface area contributed by atoms with Gasteiger partial charge in [0.25, 0.3) is 5.91 Å². The number of nitrogens with one attached hydrogen (secondary N) is 2. The van der Waals surface area contributed by atoms with Crippen LogP contribution in [0.25, 0.3) is 0 Å². The molecule has 0 unspecified atom stereocenters. The van der Waals surface area contributed by atoms with Crippen molar-refractivity contribution in [3.8, 4) is 5.75 Å². The number of benzene rings is 1. The molecule has 1 spiro atoms. The highest BCUT2D eigenvalue weighted by molar-refractivity contribution is 5.97. The zero-order valence-corrected chi connectivity index (χ0v) is 12.5. The summed E-state index contributed by atoms with van der Waals surface area (Å²) in [4.78, 5) is 15.1. The van der Waals surface area contributed by atoms with Crippen LogP contribution in [0.1, 0.15) is 23.2 Å². The van der Waals surface area contributed by atoms with Crippen molar-refractivity contribution in [3.05, 3.63) is 29.8 Å². The van der Waals surface area contributed by atoms with E-state index in [1.54, 1.807) is 7.11 Å². The van der Waals surface area contributed by atoms with Gasteiger partial charge in [-0.3, -0.25) is 4.79 Å². The number of carbonyl (C=O) groups is 1. The molecule has 3 rings (SSSR count). The summed E-state index contributed by atoms with van der Waals surface area (Å²) >= 11 is 0. The van der Waals surface area contributed by atoms with Crippen LogP contribution in [0, 0.1) is 0 Å². The van der Waals surface area contributed by atoms with Gasteiger partial charge in [0.05, 0.1) is 18.2 Å². The van der Waals surface area contributed by atoms with Crippen molar-refractivity contribution in [3.63, 3.8) is 0 Å². The number of carbonyl (C=O) groups excluding carboxylic acids is 1. The molecule has 0 bridgehead atoms. The first-order valence-corrected chi connectivity index (χ1v) is 7.63. The van der Waals surface area contributed by atoms with Crippen LogP contribution in [0.3, 0.4) is 0 Å². The molecular formula is C16H23N3O2.